The van der Waals surface area contributed by atoms with Gasteiger partial charge in [-0.2, -0.15) is 0 Å². The maximum Gasteiger partial charge on any atom is 0.236 e. The number of thiazole rings is 1. The number of nitrogens with one attached hydrogen (secondary N) is 1. The summed E-state index contributed by atoms with van der Waals surface area (Å²) in [4.78, 5) is 16.9. The second-order valence-corrected chi connectivity index (χ2v) is 11.1. The molecule has 1 fully saturated rings. The summed E-state index contributed by atoms with van der Waals surface area (Å²) < 4.78 is 25.5. The summed E-state index contributed by atoms with van der Waals surface area (Å²) in [5.74, 6) is 0.655. The average Bonchev–Trinajstić information content (AvgIpc) is 3.46. The van der Waals surface area contributed by atoms with E-state index in [1.54, 1.807) is 6.08 Å². The first-order chi connectivity index (χ1) is 14.9. The monoisotopic (exact) mass is 475 g/mol. The number of amides is 1. The smallest absolute Gasteiger partial charge is 0.236 e. The summed E-state index contributed by atoms with van der Waals surface area (Å²) in [5.41, 5.74) is 1.81. The predicted molar refractivity (Wildman–Crippen MR) is 123 cm³/mol. The third-order valence-corrected chi connectivity index (χ3v) is 8.30. The highest BCUT2D eigenvalue weighted by Crippen LogP contribution is 2.30. The molecule has 0 saturated carbocycles. The number of rotatable bonds is 8. The second-order valence-electron chi connectivity index (χ2n) is 7.08. The fraction of sp³-hybridized carbons (Fsp3) is 0.300. The molecule has 0 spiro atoms. The van der Waals surface area contributed by atoms with Crippen LogP contribution in [0.15, 0.2) is 53.5 Å². The van der Waals surface area contributed by atoms with E-state index in [1.807, 2.05) is 40.3 Å². The third-order valence-electron chi connectivity index (χ3n) is 4.81. The zero-order valence-electron chi connectivity index (χ0n) is 16.6. The minimum Gasteiger partial charge on any atom is -0.302 e. The Labute approximate surface area is 188 Å². The predicted octanol–water partition coefficient (Wildman–Crippen LogP) is 3.22. The van der Waals surface area contributed by atoms with Crippen molar-refractivity contribution in [2.75, 3.05) is 22.6 Å². The summed E-state index contributed by atoms with van der Waals surface area (Å²) in [6.45, 7) is 4.22. The topological polar surface area (TPSA) is 107 Å². The molecule has 2 aromatic heterocycles. The molecule has 11 heteroatoms. The Morgan fingerprint density at radius 2 is 2.13 bits per heavy atom. The number of carbonyl (C=O) groups excluding carboxylic acids is 1. The lowest BCUT2D eigenvalue weighted by atomic mass is 10.1. The molecule has 3 heterocycles. The highest BCUT2D eigenvalue weighted by molar-refractivity contribution is 7.99. The van der Waals surface area contributed by atoms with Crippen LogP contribution >= 0.6 is 23.1 Å². The van der Waals surface area contributed by atoms with Crippen molar-refractivity contribution in [1.82, 2.24) is 19.7 Å². The van der Waals surface area contributed by atoms with Crippen molar-refractivity contribution in [3.05, 3.63) is 54.2 Å². The summed E-state index contributed by atoms with van der Waals surface area (Å²) in [6, 6.07) is 9.76. The van der Waals surface area contributed by atoms with Gasteiger partial charge in [0.2, 0.25) is 5.91 Å². The first kappa shape index (κ1) is 21.7. The van der Waals surface area contributed by atoms with Crippen molar-refractivity contribution in [1.29, 1.82) is 0 Å². The highest BCUT2D eigenvalue weighted by atomic mass is 32.2. The lowest BCUT2D eigenvalue weighted by Gasteiger charge is -2.11. The van der Waals surface area contributed by atoms with Crippen molar-refractivity contribution >= 4 is 44.0 Å². The minimum absolute atomic E-state index is 0.0845. The Balaban J connectivity index is 1.39. The molecule has 1 N–H and O–H groups in total. The first-order valence-corrected chi connectivity index (χ1v) is 13.3. The maximum atomic E-state index is 12.4. The van der Waals surface area contributed by atoms with Gasteiger partial charge < -0.3 is 9.88 Å². The van der Waals surface area contributed by atoms with Crippen LogP contribution in [0.5, 0.6) is 0 Å². The summed E-state index contributed by atoms with van der Waals surface area (Å²) >= 11 is 2.62. The third kappa shape index (κ3) is 5.23. The van der Waals surface area contributed by atoms with Gasteiger partial charge in [0.25, 0.3) is 0 Å². The number of aromatic nitrogens is 4. The quantitative estimate of drug-likeness (QED) is 0.394. The van der Waals surface area contributed by atoms with E-state index in [2.05, 4.69) is 27.1 Å². The van der Waals surface area contributed by atoms with Gasteiger partial charge in [-0.05, 0) is 6.42 Å². The molecule has 4 rings (SSSR count). The molecule has 0 bridgehead atoms. The van der Waals surface area contributed by atoms with Crippen LogP contribution in [0.2, 0.25) is 0 Å². The van der Waals surface area contributed by atoms with Gasteiger partial charge in [-0.15, -0.1) is 28.1 Å². The number of hydrogen-bond donors (Lipinski definition) is 1. The molecular formula is C20H21N5O3S3. The number of carbonyl (C=O) groups is 1. The molecule has 1 aliphatic rings. The van der Waals surface area contributed by atoms with Gasteiger partial charge in [-0.25, -0.2) is 13.4 Å². The number of hydrogen-bond acceptors (Lipinski definition) is 8. The van der Waals surface area contributed by atoms with Crippen molar-refractivity contribution in [2.45, 2.75) is 24.0 Å². The van der Waals surface area contributed by atoms with Gasteiger partial charge in [0, 0.05) is 23.4 Å². The lowest BCUT2D eigenvalue weighted by Crippen LogP contribution is -2.15. The molecule has 0 radical (unpaired) electrons. The maximum absolute atomic E-state index is 12.4. The Hall–Kier alpha value is -2.50. The minimum atomic E-state index is -3.03. The number of sulfone groups is 1. The molecule has 1 unspecified atom stereocenters. The fourth-order valence-electron chi connectivity index (χ4n) is 3.37. The first-order valence-electron chi connectivity index (χ1n) is 9.63. The van der Waals surface area contributed by atoms with E-state index >= 15 is 0 Å². The second kappa shape index (κ2) is 9.33. The molecule has 3 aromatic rings. The Morgan fingerprint density at radius 3 is 2.84 bits per heavy atom. The molecule has 8 nitrogen and oxygen atoms in total. The zero-order valence-corrected chi connectivity index (χ0v) is 19.0. The van der Waals surface area contributed by atoms with Gasteiger partial charge in [0.05, 0.1) is 23.0 Å². The van der Waals surface area contributed by atoms with Crippen LogP contribution in [-0.2, 0) is 21.2 Å². The van der Waals surface area contributed by atoms with Crippen LogP contribution in [0, 0.1) is 0 Å². The van der Waals surface area contributed by atoms with Crippen molar-refractivity contribution in [3.8, 4) is 11.3 Å². The van der Waals surface area contributed by atoms with E-state index in [0.717, 1.165) is 11.3 Å². The largest absolute Gasteiger partial charge is 0.302 e. The lowest BCUT2D eigenvalue weighted by molar-refractivity contribution is -0.113. The van der Waals surface area contributed by atoms with E-state index in [9.17, 15) is 13.2 Å². The molecular weight excluding hydrogens is 454 g/mol. The van der Waals surface area contributed by atoms with Gasteiger partial charge in [-0.3, -0.25) is 4.79 Å². The molecule has 1 aromatic carbocycles. The van der Waals surface area contributed by atoms with E-state index < -0.39 is 9.84 Å². The number of nitrogens with zero attached hydrogens (tertiary/aromatic N) is 4. The van der Waals surface area contributed by atoms with Gasteiger partial charge >= 0.3 is 0 Å². The van der Waals surface area contributed by atoms with Crippen LogP contribution in [0.3, 0.4) is 0 Å². The van der Waals surface area contributed by atoms with Crippen LogP contribution in [-0.4, -0.2) is 51.3 Å². The molecule has 162 valence electrons. The SMILES string of the molecule is C=CCn1c(SCC(=O)Nc2nc(-c3ccccc3)cs2)nnc1C1CCS(=O)(=O)C1. The van der Waals surface area contributed by atoms with Crippen molar-refractivity contribution < 1.29 is 13.2 Å². The Morgan fingerprint density at radius 1 is 1.32 bits per heavy atom. The van der Waals surface area contributed by atoms with E-state index in [0.29, 0.717) is 29.1 Å². The van der Waals surface area contributed by atoms with Crippen molar-refractivity contribution in [3.63, 3.8) is 0 Å². The van der Waals surface area contributed by atoms with Gasteiger partial charge in [0.1, 0.15) is 5.82 Å². The molecule has 1 amide bonds. The van der Waals surface area contributed by atoms with Crippen LogP contribution in [0.1, 0.15) is 18.2 Å². The Bertz CT molecular complexity index is 1190. The number of thioether (sulfide) groups is 1. The summed E-state index contributed by atoms with van der Waals surface area (Å²) in [5, 5.41) is 14.2. The molecule has 1 saturated heterocycles. The number of benzene rings is 1. The number of anilines is 1. The highest BCUT2D eigenvalue weighted by Gasteiger charge is 2.33. The van der Waals surface area contributed by atoms with Gasteiger partial charge in [-0.1, -0.05) is 48.2 Å². The normalized spacial score (nSPS) is 17.5. The van der Waals surface area contributed by atoms with Crippen LogP contribution < -0.4 is 5.32 Å². The molecule has 31 heavy (non-hydrogen) atoms. The molecule has 0 aliphatic carbocycles. The Kier molecular flexibility index (Phi) is 6.54. The average molecular weight is 476 g/mol. The zero-order chi connectivity index (χ0) is 21.8. The molecule has 1 atom stereocenters. The summed E-state index contributed by atoms with van der Waals surface area (Å²) in [6.07, 6.45) is 2.25. The van der Waals surface area contributed by atoms with E-state index in [4.69, 9.17) is 0 Å². The van der Waals surface area contributed by atoms with E-state index in [-0.39, 0.29) is 29.1 Å². The van der Waals surface area contributed by atoms with Crippen LogP contribution in [0.25, 0.3) is 11.3 Å². The van der Waals surface area contributed by atoms with Crippen molar-refractivity contribution in [2.24, 2.45) is 0 Å². The molecule has 1 aliphatic heterocycles. The standard InChI is InChI=1S/C20H21N5O3S3/c1-2-9-25-18(15-8-10-31(27,28)13-15)23-24-20(25)30-12-17(26)22-19-21-16(11-29-19)14-6-4-3-5-7-14/h2-7,11,15H,1,8-10,12-13H2,(H,21,22,26). The fourth-order valence-corrected chi connectivity index (χ4v) is 6.60. The van der Waals surface area contributed by atoms with Gasteiger partial charge in [0.15, 0.2) is 20.1 Å². The van der Waals surface area contributed by atoms with Crippen LogP contribution in [0.4, 0.5) is 5.13 Å². The number of allylic oxidation sites excluding steroid dienone is 1. The van der Waals surface area contributed by atoms with E-state index in [1.165, 1.54) is 23.1 Å². The summed E-state index contributed by atoms with van der Waals surface area (Å²) in [7, 11) is -3.03.